The molecule has 1 atom stereocenters. The molecule has 6 nitrogen and oxygen atoms in total. The lowest BCUT2D eigenvalue weighted by atomic mass is 10.1. The summed E-state index contributed by atoms with van der Waals surface area (Å²) in [6, 6.07) is 15.0. The van der Waals surface area contributed by atoms with E-state index < -0.39 is 11.2 Å². The van der Waals surface area contributed by atoms with E-state index >= 15 is 0 Å². The Bertz CT molecular complexity index is 941. The number of carbonyl (C=O) groups excluding carboxylic acids is 1. The highest BCUT2D eigenvalue weighted by Gasteiger charge is 2.28. The van der Waals surface area contributed by atoms with Crippen molar-refractivity contribution >= 4 is 23.4 Å². The quantitative estimate of drug-likeness (QED) is 0.522. The number of nitrogens with zero attached hydrogens (tertiary/aromatic N) is 2. The highest BCUT2D eigenvalue weighted by Crippen LogP contribution is 2.30. The summed E-state index contributed by atoms with van der Waals surface area (Å²) in [7, 11) is 0. The number of hydrogen-bond donors (Lipinski definition) is 1. The van der Waals surface area contributed by atoms with Crippen LogP contribution in [0.15, 0.2) is 58.1 Å². The molecule has 0 radical (unpaired) electrons. The van der Waals surface area contributed by atoms with Gasteiger partial charge in [0.15, 0.2) is 5.95 Å². The van der Waals surface area contributed by atoms with E-state index in [4.69, 9.17) is 4.52 Å². The van der Waals surface area contributed by atoms with Crippen LogP contribution >= 0.6 is 11.8 Å². The van der Waals surface area contributed by atoms with Crippen LogP contribution in [0.5, 0.6) is 5.95 Å². The van der Waals surface area contributed by atoms with Crippen LogP contribution in [0, 0.1) is 13.8 Å². The van der Waals surface area contributed by atoms with E-state index in [1.165, 1.54) is 10.2 Å². The van der Waals surface area contributed by atoms with E-state index in [-0.39, 0.29) is 10.9 Å². The molecule has 0 aliphatic heterocycles. The van der Waals surface area contributed by atoms with Crippen molar-refractivity contribution in [1.29, 1.82) is 0 Å². The number of amides is 1. The molecule has 0 bridgehead atoms. The molecule has 1 aromatic heterocycles. The zero-order chi connectivity index (χ0) is 19.4. The van der Waals surface area contributed by atoms with Gasteiger partial charge in [0, 0.05) is 17.8 Å². The van der Waals surface area contributed by atoms with Gasteiger partial charge < -0.3 is 14.9 Å². The zero-order valence-corrected chi connectivity index (χ0v) is 16.2. The van der Waals surface area contributed by atoms with Gasteiger partial charge in [-0.2, -0.15) is 0 Å². The monoisotopic (exact) mass is 383 g/mol. The molecular formula is C20H21N3O3S. The highest BCUT2D eigenvalue weighted by atomic mass is 32.2. The second kappa shape index (κ2) is 8.26. The topological polar surface area (TPSA) is 82.1 Å². The fourth-order valence-corrected chi connectivity index (χ4v) is 3.55. The molecule has 2 aromatic carbocycles. The molecule has 3 rings (SSSR count). The minimum atomic E-state index is -0.554. The number of rotatable bonds is 6. The Kier molecular flexibility index (Phi) is 5.81. The van der Waals surface area contributed by atoms with Crippen LogP contribution in [0.25, 0.3) is 5.69 Å². The first-order valence-corrected chi connectivity index (χ1v) is 9.56. The molecule has 0 fully saturated rings. The Morgan fingerprint density at radius 1 is 1.22 bits per heavy atom. The first kappa shape index (κ1) is 19.0. The van der Waals surface area contributed by atoms with E-state index in [0.717, 1.165) is 23.0 Å². The van der Waals surface area contributed by atoms with Gasteiger partial charge in [0.1, 0.15) is 0 Å². The molecule has 1 unspecified atom stereocenters. The fraction of sp³-hybridized carbons (Fsp3) is 0.250. The van der Waals surface area contributed by atoms with Crippen molar-refractivity contribution in [3.8, 4) is 11.6 Å². The Hall–Kier alpha value is -2.80. The molecule has 1 heterocycles. The molecule has 0 aliphatic carbocycles. The van der Waals surface area contributed by atoms with Crippen molar-refractivity contribution in [2.45, 2.75) is 37.5 Å². The van der Waals surface area contributed by atoms with Crippen LogP contribution in [0.3, 0.4) is 0 Å². The van der Waals surface area contributed by atoms with Gasteiger partial charge in [-0.3, -0.25) is 4.79 Å². The first-order valence-electron chi connectivity index (χ1n) is 8.68. The predicted molar refractivity (Wildman–Crippen MR) is 102 cm³/mol. The van der Waals surface area contributed by atoms with E-state index in [1.807, 2.05) is 69.3 Å². The van der Waals surface area contributed by atoms with Crippen molar-refractivity contribution in [3.63, 3.8) is 0 Å². The number of para-hydroxylation sites is 1. The highest BCUT2D eigenvalue weighted by molar-refractivity contribution is 8.00. The third kappa shape index (κ3) is 4.31. The molecule has 0 aliphatic rings. The fourth-order valence-electron chi connectivity index (χ4n) is 2.57. The molecule has 140 valence electrons. The number of aromatic nitrogens is 2. The summed E-state index contributed by atoms with van der Waals surface area (Å²) in [6.45, 7) is 5.93. The molecule has 7 heteroatoms. The van der Waals surface area contributed by atoms with Crippen molar-refractivity contribution in [3.05, 3.63) is 59.7 Å². The van der Waals surface area contributed by atoms with E-state index in [1.54, 1.807) is 0 Å². The summed E-state index contributed by atoms with van der Waals surface area (Å²) in [6.07, 6.45) is 0.556. The third-order valence-electron chi connectivity index (χ3n) is 4.26. The number of anilines is 1. The largest absolute Gasteiger partial charge is 0.538 e. The van der Waals surface area contributed by atoms with Gasteiger partial charge in [-0.25, -0.2) is 0 Å². The van der Waals surface area contributed by atoms with E-state index in [0.29, 0.717) is 12.1 Å². The van der Waals surface area contributed by atoms with Gasteiger partial charge >= 0.3 is 0 Å². The lowest BCUT2D eigenvalue weighted by Gasteiger charge is -2.14. The average molecular weight is 383 g/mol. The number of nitrogens with one attached hydrogen (secondary N) is 1. The summed E-state index contributed by atoms with van der Waals surface area (Å²) in [4.78, 5) is 12.7. The predicted octanol–water partition coefficient (Wildman–Crippen LogP) is 3.15. The van der Waals surface area contributed by atoms with Gasteiger partial charge in [0.2, 0.25) is 11.6 Å². The SMILES string of the molecule is CCC(Sc1c([O-])on[n+]1-c1ccccc1)C(=O)Nc1ccc(C)c(C)c1. The molecule has 1 N–H and O–H groups in total. The van der Waals surface area contributed by atoms with Crippen molar-refractivity contribution in [1.82, 2.24) is 5.27 Å². The Labute approximate surface area is 162 Å². The average Bonchev–Trinajstić information content (AvgIpc) is 3.03. The van der Waals surface area contributed by atoms with Crippen molar-refractivity contribution in [2.24, 2.45) is 0 Å². The van der Waals surface area contributed by atoms with Gasteiger partial charge in [0.25, 0.3) is 5.03 Å². The van der Waals surface area contributed by atoms with Crippen molar-refractivity contribution in [2.75, 3.05) is 5.32 Å². The number of benzene rings is 2. The molecule has 0 saturated carbocycles. The number of carbonyl (C=O) groups is 1. The molecule has 0 saturated heterocycles. The second-order valence-electron chi connectivity index (χ2n) is 6.22. The smallest absolute Gasteiger partial charge is 0.298 e. The van der Waals surface area contributed by atoms with Crippen LogP contribution in [-0.4, -0.2) is 16.4 Å². The molecule has 3 aromatic rings. The molecule has 1 amide bonds. The summed E-state index contributed by atoms with van der Waals surface area (Å²) in [5.41, 5.74) is 3.72. The van der Waals surface area contributed by atoms with Gasteiger partial charge in [0.05, 0.1) is 10.5 Å². The minimum Gasteiger partial charge on any atom is -0.538 e. The zero-order valence-electron chi connectivity index (χ0n) is 15.4. The summed E-state index contributed by atoms with van der Waals surface area (Å²) >= 11 is 1.16. The molecule has 27 heavy (non-hydrogen) atoms. The lowest BCUT2D eigenvalue weighted by Crippen LogP contribution is -2.36. The molecular weight excluding hydrogens is 362 g/mol. The first-order chi connectivity index (χ1) is 13.0. The third-order valence-corrected chi connectivity index (χ3v) is 5.66. The Morgan fingerprint density at radius 3 is 2.63 bits per heavy atom. The van der Waals surface area contributed by atoms with Crippen LogP contribution < -0.4 is 15.1 Å². The van der Waals surface area contributed by atoms with Crippen LogP contribution in [0.1, 0.15) is 24.5 Å². The Morgan fingerprint density at radius 2 is 1.96 bits per heavy atom. The van der Waals surface area contributed by atoms with Gasteiger partial charge in [-0.05, 0) is 60.0 Å². The van der Waals surface area contributed by atoms with Crippen LogP contribution in [-0.2, 0) is 4.79 Å². The lowest BCUT2D eigenvalue weighted by molar-refractivity contribution is -0.705. The molecule has 0 spiro atoms. The number of thioether (sulfide) groups is 1. The standard InChI is InChI=1S/C20H21N3O3S/c1-4-17(18(24)21-15-11-10-13(2)14(3)12-15)27-19-20(25)26-22-23(19)16-8-6-5-7-9-16/h5-12,17H,4H2,1-3H3,(H-,21,22,24,25). The van der Waals surface area contributed by atoms with Gasteiger partial charge in [-0.1, -0.05) is 31.2 Å². The number of hydrogen-bond acceptors (Lipinski definition) is 5. The summed E-state index contributed by atoms with van der Waals surface area (Å²) < 4.78 is 6.26. The van der Waals surface area contributed by atoms with Crippen molar-refractivity contribution < 1.29 is 19.1 Å². The normalized spacial score (nSPS) is 12.0. The summed E-state index contributed by atoms with van der Waals surface area (Å²) in [5.74, 6) is -0.716. The number of aryl methyl sites for hydroxylation is 2. The van der Waals surface area contributed by atoms with E-state index in [9.17, 15) is 9.90 Å². The maximum absolute atomic E-state index is 12.7. The maximum Gasteiger partial charge on any atom is 0.298 e. The minimum absolute atomic E-state index is 0.161. The van der Waals surface area contributed by atoms with E-state index in [2.05, 4.69) is 10.6 Å². The summed E-state index contributed by atoms with van der Waals surface area (Å²) in [5, 5.41) is 18.7. The van der Waals surface area contributed by atoms with Crippen LogP contribution in [0.2, 0.25) is 0 Å². The van der Waals surface area contributed by atoms with Crippen LogP contribution in [0.4, 0.5) is 5.69 Å². The van der Waals surface area contributed by atoms with Gasteiger partial charge in [-0.15, -0.1) is 0 Å². The second-order valence-corrected chi connectivity index (χ2v) is 7.41. The maximum atomic E-state index is 12.7. The Balaban J connectivity index is 1.80.